The molecule has 126 valence electrons. The lowest BCUT2D eigenvalue weighted by Crippen LogP contribution is -2.14. The van der Waals surface area contributed by atoms with E-state index in [1.165, 1.54) is 18.2 Å². The van der Waals surface area contributed by atoms with E-state index < -0.39 is 16.8 Å². The molecule has 0 saturated carbocycles. The average Bonchev–Trinajstić information content (AvgIpc) is 2.90. The van der Waals surface area contributed by atoms with Crippen LogP contribution in [0.5, 0.6) is 0 Å². The van der Waals surface area contributed by atoms with Crippen molar-refractivity contribution in [2.75, 3.05) is 11.9 Å². The largest absolute Gasteiger partial charge is 0.462 e. The Morgan fingerprint density at radius 1 is 1.28 bits per heavy atom. The third-order valence-corrected chi connectivity index (χ3v) is 3.56. The van der Waals surface area contributed by atoms with Gasteiger partial charge in [0, 0.05) is 17.7 Å². The van der Waals surface area contributed by atoms with Gasteiger partial charge >= 0.3 is 5.97 Å². The van der Waals surface area contributed by atoms with Crippen molar-refractivity contribution in [2.24, 2.45) is 4.99 Å². The van der Waals surface area contributed by atoms with Crippen LogP contribution >= 0.6 is 0 Å². The number of ether oxygens (including phenoxy) is 1. The number of non-ortho nitro benzene ring substituents is 1. The number of nitro groups is 1. The fourth-order valence-corrected chi connectivity index (χ4v) is 2.44. The first-order valence-corrected chi connectivity index (χ1v) is 7.46. The zero-order valence-electron chi connectivity index (χ0n) is 13.2. The Morgan fingerprint density at radius 3 is 2.76 bits per heavy atom. The number of nitrogens with one attached hydrogen (secondary N) is 1. The third-order valence-electron chi connectivity index (χ3n) is 3.56. The lowest BCUT2D eigenvalue weighted by Gasteiger charge is -2.05. The van der Waals surface area contributed by atoms with E-state index >= 15 is 0 Å². The number of carbonyl (C=O) groups is 2. The minimum Gasteiger partial charge on any atom is -0.462 e. The number of para-hydroxylation sites is 1. The molecule has 0 spiro atoms. The van der Waals surface area contributed by atoms with Crippen molar-refractivity contribution in [2.45, 2.75) is 6.92 Å². The van der Waals surface area contributed by atoms with Crippen molar-refractivity contribution in [1.82, 2.24) is 0 Å². The quantitative estimate of drug-likeness (QED) is 0.523. The van der Waals surface area contributed by atoms with E-state index in [4.69, 9.17) is 4.74 Å². The van der Waals surface area contributed by atoms with E-state index in [1.807, 2.05) is 0 Å². The second-order valence-corrected chi connectivity index (χ2v) is 5.14. The van der Waals surface area contributed by atoms with Crippen molar-refractivity contribution < 1.29 is 19.2 Å². The predicted molar refractivity (Wildman–Crippen MR) is 90.3 cm³/mol. The first-order chi connectivity index (χ1) is 12.0. The van der Waals surface area contributed by atoms with Crippen molar-refractivity contribution in [3.8, 4) is 0 Å². The summed E-state index contributed by atoms with van der Waals surface area (Å²) in [5.74, 6) is -1.05. The lowest BCUT2D eigenvalue weighted by molar-refractivity contribution is -0.384. The van der Waals surface area contributed by atoms with Gasteiger partial charge in [0.1, 0.15) is 5.71 Å². The van der Waals surface area contributed by atoms with Crippen LogP contribution in [-0.4, -0.2) is 29.1 Å². The molecule has 0 aromatic heterocycles. The topological polar surface area (TPSA) is 111 Å². The molecular weight excluding hydrogens is 326 g/mol. The van der Waals surface area contributed by atoms with Gasteiger partial charge in [-0.15, -0.1) is 0 Å². The smallest absolute Gasteiger partial charge is 0.340 e. The zero-order chi connectivity index (χ0) is 18.0. The van der Waals surface area contributed by atoms with Gasteiger partial charge in [-0.05, 0) is 25.1 Å². The van der Waals surface area contributed by atoms with Crippen LogP contribution in [0.1, 0.15) is 22.8 Å². The molecule has 1 aliphatic rings. The maximum Gasteiger partial charge on any atom is 0.340 e. The summed E-state index contributed by atoms with van der Waals surface area (Å²) < 4.78 is 4.98. The maximum absolute atomic E-state index is 12.2. The SMILES string of the molecule is CCOC(=O)c1ccccc1N=C1C(=O)Nc2ccc([N+](=O)[O-])cc21. The summed E-state index contributed by atoms with van der Waals surface area (Å²) in [4.78, 5) is 38.9. The van der Waals surface area contributed by atoms with Crippen molar-refractivity contribution in [3.63, 3.8) is 0 Å². The molecule has 25 heavy (non-hydrogen) atoms. The fraction of sp³-hybridized carbons (Fsp3) is 0.118. The maximum atomic E-state index is 12.2. The molecule has 1 aliphatic heterocycles. The van der Waals surface area contributed by atoms with E-state index in [2.05, 4.69) is 10.3 Å². The number of fused-ring (bicyclic) bond motifs is 1. The number of nitrogens with zero attached hydrogens (tertiary/aromatic N) is 2. The fourth-order valence-electron chi connectivity index (χ4n) is 2.44. The number of rotatable bonds is 4. The molecule has 1 amide bonds. The Kier molecular flexibility index (Phi) is 4.25. The summed E-state index contributed by atoms with van der Waals surface area (Å²) in [6.45, 7) is 1.89. The molecule has 8 heteroatoms. The minimum atomic E-state index is -0.555. The van der Waals surface area contributed by atoms with Gasteiger partial charge in [0.15, 0.2) is 0 Å². The molecule has 0 atom stereocenters. The number of carbonyl (C=O) groups excluding carboxylic acids is 2. The second kappa shape index (κ2) is 6.52. The van der Waals surface area contributed by atoms with Crippen molar-refractivity contribution in [3.05, 3.63) is 63.7 Å². The Bertz CT molecular complexity index is 920. The normalized spacial score (nSPS) is 14.1. The highest BCUT2D eigenvalue weighted by Gasteiger charge is 2.28. The molecule has 0 aliphatic carbocycles. The molecule has 3 rings (SSSR count). The summed E-state index contributed by atoms with van der Waals surface area (Å²) >= 11 is 0. The zero-order valence-corrected chi connectivity index (χ0v) is 13.2. The molecule has 8 nitrogen and oxygen atoms in total. The Morgan fingerprint density at radius 2 is 2.04 bits per heavy atom. The van der Waals surface area contributed by atoms with E-state index in [0.717, 1.165) is 0 Å². The summed E-state index contributed by atoms with van der Waals surface area (Å²) in [5.41, 5.74) is 1.08. The van der Waals surface area contributed by atoms with E-state index in [0.29, 0.717) is 11.3 Å². The van der Waals surface area contributed by atoms with Crippen LogP contribution in [0.15, 0.2) is 47.5 Å². The van der Waals surface area contributed by atoms with Gasteiger partial charge in [0.2, 0.25) is 0 Å². The van der Waals surface area contributed by atoms with Crippen LogP contribution in [0.2, 0.25) is 0 Å². The van der Waals surface area contributed by atoms with Gasteiger partial charge in [0.25, 0.3) is 11.6 Å². The highest BCUT2D eigenvalue weighted by atomic mass is 16.6. The van der Waals surface area contributed by atoms with E-state index in [1.54, 1.807) is 31.2 Å². The van der Waals surface area contributed by atoms with Gasteiger partial charge < -0.3 is 10.1 Å². The molecule has 1 heterocycles. The molecule has 0 saturated heterocycles. The van der Waals surface area contributed by atoms with Gasteiger partial charge in [-0.1, -0.05) is 12.1 Å². The Labute approximate surface area is 142 Å². The highest BCUT2D eigenvalue weighted by molar-refractivity contribution is 6.54. The summed E-state index contributed by atoms with van der Waals surface area (Å²) in [7, 11) is 0. The number of aliphatic imine (C=N–C) groups is 1. The first kappa shape index (κ1) is 16.3. The van der Waals surface area contributed by atoms with Crippen molar-refractivity contribution >= 4 is 34.7 Å². The number of amides is 1. The monoisotopic (exact) mass is 339 g/mol. The summed E-state index contributed by atoms with van der Waals surface area (Å²) in [5, 5.41) is 13.6. The van der Waals surface area contributed by atoms with Crippen LogP contribution in [0.3, 0.4) is 0 Å². The number of benzene rings is 2. The van der Waals surface area contributed by atoms with Crippen LogP contribution < -0.4 is 5.32 Å². The molecular formula is C17H13N3O5. The first-order valence-electron chi connectivity index (χ1n) is 7.46. The highest BCUT2D eigenvalue weighted by Crippen LogP contribution is 2.30. The number of hydrogen-bond acceptors (Lipinski definition) is 6. The van der Waals surface area contributed by atoms with Gasteiger partial charge in [-0.2, -0.15) is 0 Å². The Hall–Kier alpha value is -3.55. The molecule has 0 bridgehead atoms. The molecule has 0 unspecified atom stereocenters. The minimum absolute atomic E-state index is 0.00967. The van der Waals surface area contributed by atoms with Crippen LogP contribution in [0.4, 0.5) is 17.1 Å². The van der Waals surface area contributed by atoms with Crippen molar-refractivity contribution in [1.29, 1.82) is 0 Å². The standard InChI is InChI=1S/C17H13N3O5/c1-2-25-17(22)11-5-3-4-6-13(11)18-15-12-9-10(20(23)24)7-8-14(12)19-16(15)21/h3-9H,2H2,1H3,(H,18,19,21). The van der Waals surface area contributed by atoms with Crippen LogP contribution in [-0.2, 0) is 9.53 Å². The van der Waals surface area contributed by atoms with Gasteiger partial charge in [0.05, 0.1) is 28.5 Å². The average molecular weight is 339 g/mol. The molecule has 1 N–H and O–H groups in total. The number of anilines is 1. The second-order valence-electron chi connectivity index (χ2n) is 5.14. The van der Waals surface area contributed by atoms with E-state index in [-0.39, 0.29) is 29.3 Å². The number of nitro benzene ring substituents is 1. The molecule has 0 radical (unpaired) electrons. The summed E-state index contributed by atoms with van der Waals surface area (Å²) in [6.07, 6.45) is 0. The molecule has 2 aromatic carbocycles. The molecule has 0 fully saturated rings. The molecule has 2 aromatic rings. The third kappa shape index (κ3) is 3.09. The van der Waals surface area contributed by atoms with Gasteiger partial charge in [-0.25, -0.2) is 9.79 Å². The van der Waals surface area contributed by atoms with Crippen LogP contribution in [0.25, 0.3) is 0 Å². The van der Waals surface area contributed by atoms with Crippen LogP contribution in [0, 0.1) is 10.1 Å². The van der Waals surface area contributed by atoms with E-state index in [9.17, 15) is 19.7 Å². The summed E-state index contributed by atoms with van der Waals surface area (Å²) in [6, 6.07) is 10.5. The predicted octanol–water partition coefficient (Wildman–Crippen LogP) is 2.84. The number of esters is 1. The lowest BCUT2D eigenvalue weighted by atomic mass is 10.1. The van der Waals surface area contributed by atoms with Gasteiger partial charge in [-0.3, -0.25) is 14.9 Å². The number of hydrogen-bond donors (Lipinski definition) is 1. The Balaban J connectivity index is 2.10.